The van der Waals surface area contributed by atoms with Gasteiger partial charge >= 0.3 is 0 Å². The number of rotatable bonds is 2. The monoisotopic (exact) mass is 286 g/mol. The van der Waals surface area contributed by atoms with Crippen molar-refractivity contribution in [2.24, 2.45) is 0 Å². The SMILES string of the molecule is CC1CCCCCN1S(=O)(=O)c1ccc(N)c(F)c1. The first kappa shape index (κ1) is 14.3. The normalized spacial score (nSPS) is 22.1. The van der Waals surface area contributed by atoms with E-state index in [1.165, 1.54) is 16.4 Å². The van der Waals surface area contributed by atoms with Crippen molar-refractivity contribution < 1.29 is 12.8 Å². The molecule has 19 heavy (non-hydrogen) atoms. The highest BCUT2D eigenvalue weighted by atomic mass is 32.2. The molecular weight excluding hydrogens is 267 g/mol. The minimum Gasteiger partial charge on any atom is -0.396 e. The van der Waals surface area contributed by atoms with Crippen molar-refractivity contribution in [3.05, 3.63) is 24.0 Å². The third-order valence-electron chi connectivity index (χ3n) is 3.57. The minimum atomic E-state index is -3.64. The lowest BCUT2D eigenvalue weighted by Gasteiger charge is -2.26. The van der Waals surface area contributed by atoms with Crippen LogP contribution in [-0.4, -0.2) is 25.3 Å². The first-order valence-corrected chi connectivity index (χ1v) is 7.94. The van der Waals surface area contributed by atoms with E-state index in [0.717, 1.165) is 31.7 Å². The zero-order valence-corrected chi connectivity index (χ0v) is 11.8. The third-order valence-corrected chi connectivity index (χ3v) is 5.58. The molecule has 1 aliphatic rings. The summed E-state index contributed by atoms with van der Waals surface area (Å²) in [5.41, 5.74) is 5.34. The molecule has 1 aliphatic heterocycles. The Morgan fingerprint density at radius 1 is 1.32 bits per heavy atom. The zero-order chi connectivity index (χ0) is 14.0. The Bertz CT molecular complexity index is 560. The van der Waals surface area contributed by atoms with Crippen molar-refractivity contribution in [1.82, 2.24) is 4.31 Å². The molecule has 0 radical (unpaired) electrons. The van der Waals surface area contributed by atoms with Crippen LogP contribution in [0.15, 0.2) is 23.1 Å². The van der Waals surface area contributed by atoms with Gasteiger partial charge in [0.25, 0.3) is 0 Å². The summed E-state index contributed by atoms with van der Waals surface area (Å²) in [5, 5.41) is 0. The summed E-state index contributed by atoms with van der Waals surface area (Å²) >= 11 is 0. The molecule has 2 rings (SSSR count). The molecule has 0 amide bonds. The van der Waals surface area contributed by atoms with Crippen LogP contribution in [-0.2, 0) is 10.0 Å². The number of hydrogen-bond donors (Lipinski definition) is 1. The molecular formula is C13H19FN2O2S. The number of nitrogens with zero attached hydrogens (tertiary/aromatic N) is 1. The van der Waals surface area contributed by atoms with Crippen molar-refractivity contribution in [1.29, 1.82) is 0 Å². The molecule has 6 heteroatoms. The summed E-state index contributed by atoms with van der Waals surface area (Å²) < 4.78 is 40.0. The highest BCUT2D eigenvalue weighted by Gasteiger charge is 2.30. The van der Waals surface area contributed by atoms with Gasteiger partial charge in [-0.05, 0) is 38.0 Å². The quantitative estimate of drug-likeness (QED) is 0.849. The van der Waals surface area contributed by atoms with Gasteiger partial charge in [0, 0.05) is 12.6 Å². The summed E-state index contributed by atoms with van der Waals surface area (Å²) in [6, 6.07) is 3.62. The summed E-state index contributed by atoms with van der Waals surface area (Å²) in [6.45, 7) is 2.39. The van der Waals surface area contributed by atoms with E-state index in [1.54, 1.807) is 0 Å². The number of benzene rings is 1. The molecule has 1 fully saturated rings. The molecule has 0 spiro atoms. The molecule has 1 saturated heterocycles. The van der Waals surface area contributed by atoms with Crippen LogP contribution in [0.4, 0.5) is 10.1 Å². The standard InChI is InChI=1S/C13H19FN2O2S/c1-10-5-3-2-4-8-16(10)19(17,18)11-6-7-13(15)12(14)9-11/h6-7,9-10H,2-5,8,15H2,1H3. The smallest absolute Gasteiger partial charge is 0.243 e. The number of nitrogen functional groups attached to an aromatic ring is 1. The fraction of sp³-hybridized carbons (Fsp3) is 0.538. The topological polar surface area (TPSA) is 63.4 Å². The van der Waals surface area contributed by atoms with Crippen molar-refractivity contribution >= 4 is 15.7 Å². The van der Waals surface area contributed by atoms with Gasteiger partial charge in [0.15, 0.2) is 0 Å². The van der Waals surface area contributed by atoms with E-state index in [9.17, 15) is 12.8 Å². The largest absolute Gasteiger partial charge is 0.396 e. The van der Waals surface area contributed by atoms with Crippen LogP contribution < -0.4 is 5.73 Å². The Morgan fingerprint density at radius 3 is 2.74 bits per heavy atom. The van der Waals surface area contributed by atoms with Crippen LogP contribution in [0.1, 0.15) is 32.6 Å². The molecule has 106 valence electrons. The molecule has 1 aromatic carbocycles. The Kier molecular flexibility index (Phi) is 4.10. The lowest BCUT2D eigenvalue weighted by atomic mass is 10.1. The van der Waals surface area contributed by atoms with Gasteiger partial charge in [-0.1, -0.05) is 12.8 Å². The molecule has 4 nitrogen and oxygen atoms in total. The van der Waals surface area contributed by atoms with Crippen LogP contribution in [0.2, 0.25) is 0 Å². The molecule has 1 aromatic rings. The average Bonchev–Trinajstić information content (AvgIpc) is 2.57. The summed E-state index contributed by atoms with van der Waals surface area (Å²) in [5.74, 6) is -0.691. The fourth-order valence-corrected chi connectivity index (χ4v) is 4.12. The Labute approximate surface area is 113 Å². The van der Waals surface area contributed by atoms with Gasteiger partial charge in [-0.2, -0.15) is 4.31 Å². The van der Waals surface area contributed by atoms with Gasteiger partial charge in [-0.15, -0.1) is 0 Å². The van der Waals surface area contributed by atoms with Crippen molar-refractivity contribution in [2.75, 3.05) is 12.3 Å². The first-order valence-electron chi connectivity index (χ1n) is 6.50. The van der Waals surface area contributed by atoms with Gasteiger partial charge < -0.3 is 5.73 Å². The van der Waals surface area contributed by atoms with E-state index in [2.05, 4.69) is 0 Å². The Hall–Kier alpha value is -1.14. The number of nitrogens with two attached hydrogens (primary N) is 1. The molecule has 2 N–H and O–H groups in total. The molecule has 0 aliphatic carbocycles. The van der Waals surface area contributed by atoms with E-state index in [1.807, 2.05) is 6.92 Å². The number of anilines is 1. The van der Waals surface area contributed by atoms with Gasteiger partial charge in [-0.3, -0.25) is 0 Å². The van der Waals surface area contributed by atoms with E-state index >= 15 is 0 Å². The zero-order valence-electron chi connectivity index (χ0n) is 11.0. The second-order valence-electron chi connectivity index (χ2n) is 5.00. The van der Waals surface area contributed by atoms with Crippen LogP contribution in [0.25, 0.3) is 0 Å². The first-order chi connectivity index (χ1) is 8.93. The van der Waals surface area contributed by atoms with E-state index < -0.39 is 15.8 Å². The number of sulfonamides is 1. The molecule has 0 bridgehead atoms. The number of halogens is 1. The van der Waals surface area contributed by atoms with Crippen molar-refractivity contribution in [3.8, 4) is 0 Å². The van der Waals surface area contributed by atoms with Gasteiger partial charge in [-0.25, -0.2) is 12.8 Å². The maximum atomic E-state index is 13.4. The Balaban J connectivity index is 2.37. The lowest BCUT2D eigenvalue weighted by molar-refractivity contribution is 0.342. The second-order valence-corrected chi connectivity index (χ2v) is 6.89. The minimum absolute atomic E-state index is 0.0204. The molecule has 1 unspecified atom stereocenters. The molecule has 0 aromatic heterocycles. The van der Waals surface area contributed by atoms with Crippen molar-refractivity contribution in [2.45, 2.75) is 43.5 Å². The highest BCUT2D eigenvalue weighted by molar-refractivity contribution is 7.89. The maximum Gasteiger partial charge on any atom is 0.243 e. The number of hydrogen-bond acceptors (Lipinski definition) is 3. The summed E-state index contributed by atoms with van der Waals surface area (Å²) in [6.07, 6.45) is 3.76. The van der Waals surface area contributed by atoms with Crippen LogP contribution in [0.3, 0.4) is 0 Å². The average molecular weight is 286 g/mol. The van der Waals surface area contributed by atoms with Crippen molar-refractivity contribution in [3.63, 3.8) is 0 Å². The van der Waals surface area contributed by atoms with Gasteiger partial charge in [0.1, 0.15) is 5.82 Å². The van der Waals surface area contributed by atoms with Crippen LogP contribution in [0.5, 0.6) is 0 Å². The molecule has 1 atom stereocenters. The molecule has 0 saturated carbocycles. The molecule has 1 heterocycles. The summed E-state index contributed by atoms with van der Waals surface area (Å²) in [7, 11) is -3.64. The lowest BCUT2D eigenvalue weighted by Crippen LogP contribution is -2.38. The van der Waals surface area contributed by atoms with E-state index in [4.69, 9.17) is 5.73 Å². The predicted molar refractivity (Wildman–Crippen MR) is 72.6 cm³/mol. The summed E-state index contributed by atoms with van der Waals surface area (Å²) in [4.78, 5) is -0.0204. The van der Waals surface area contributed by atoms with Crippen LogP contribution >= 0.6 is 0 Å². The van der Waals surface area contributed by atoms with E-state index in [-0.39, 0.29) is 16.6 Å². The van der Waals surface area contributed by atoms with Crippen LogP contribution in [0, 0.1) is 5.82 Å². The van der Waals surface area contributed by atoms with Gasteiger partial charge in [0.05, 0.1) is 10.6 Å². The second kappa shape index (κ2) is 5.46. The van der Waals surface area contributed by atoms with E-state index in [0.29, 0.717) is 6.54 Å². The Morgan fingerprint density at radius 2 is 2.05 bits per heavy atom. The predicted octanol–water partition coefficient (Wildman–Crippen LogP) is 2.36. The highest BCUT2D eigenvalue weighted by Crippen LogP contribution is 2.26. The third kappa shape index (κ3) is 2.90. The maximum absolute atomic E-state index is 13.4. The fourth-order valence-electron chi connectivity index (χ4n) is 2.41. The van der Waals surface area contributed by atoms with Gasteiger partial charge in [0.2, 0.25) is 10.0 Å².